The van der Waals surface area contributed by atoms with E-state index in [9.17, 15) is 19.7 Å². The van der Waals surface area contributed by atoms with Gasteiger partial charge >= 0.3 is 0 Å². The number of benzene rings is 2. The van der Waals surface area contributed by atoms with Crippen LogP contribution in [-0.4, -0.2) is 22.7 Å². The van der Waals surface area contributed by atoms with Gasteiger partial charge in [0.2, 0.25) is 5.91 Å². The first-order valence-electron chi connectivity index (χ1n) is 7.30. The van der Waals surface area contributed by atoms with Gasteiger partial charge in [-0.1, -0.05) is 24.3 Å². The van der Waals surface area contributed by atoms with E-state index >= 15 is 0 Å². The number of para-hydroxylation sites is 2. The topological polar surface area (TPSA) is 101 Å². The fraction of sp³-hybridized carbons (Fsp3) is 0.176. The monoisotopic (exact) mass is 327 g/mol. The van der Waals surface area contributed by atoms with Crippen LogP contribution < -0.4 is 10.6 Å². The summed E-state index contributed by atoms with van der Waals surface area (Å²) in [6, 6.07) is 12.1. The van der Waals surface area contributed by atoms with Gasteiger partial charge < -0.3 is 10.6 Å². The van der Waals surface area contributed by atoms with Crippen molar-refractivity contribution in [1.29, 1.82) is 0 Å². The maximum absolute atomic E-state index is 12.2. The molecule has 7 heteroatoms. The van der Waals surface area contributed by atoms with Crippen LogP contribution in [-0.2, 0) is 4.79 Å². The van der Waals surface area contributed by atoms with Crippen molar-refractivity contribution >= 4 is 28.8 Å². The Morgan fingerprint density at radius 3 is 2.50 bits per heavy atom. The molecule has 0 saturated carbocycles. The molecule has 2 aromatic carbocycles. The second-order valence-corrected chi connectivity index (χ2v) is 5.27. The van der Waals surface area contributed by atoms with E-state index in [4.69, 9.17) is 0 Å². The Hall–Kier alpha value is -3.22. The number of Topliss-reactive ketones (excluding diaryl/α,β-unsaturated/α-hetero) is 1. The van der Waals surface area contributed by atoms with Crippen LogP contribution in [0, 0.1) is 10.1 Å². The van der Waals surface area contributed by atoms with Gasteiger partial charge in [-0.25, -0.2) is 0 Å². The molecule has 7 nitrogen and oxygen atoms in total. The molecule has 0 radical (unpaired) electrons. The van der Waals surface area contributed by atoms with Gasteiger partial charge in [-0.3, -0.25) is 19.7 Å². The largest absolute Gasteiger partial charge is 0.374 e. The lowest BCUT2D eigenvalue weighted by atomic mass is 10.1. The molecule has 2 rings (SSSR count). The van der Waals surface area contributed by atoms with Crippen LogP contribution in [0.5, 0.6) is 0 Å². The number of rotatable bonds is 6. The van der Waals surface area contributed by atoms with Crippen molar-refractivity contribution in [1.82, 2.24) is 0 Å². The van der Waals surface area contributed by atoms with E-state index in [-0.39, 0.29) is 17.2 Å². The second kappa shape index (κ2) is 7.36. The number of nitrogens with one attached hydrogen (secondary N) is 2. The van der Waals surface area contributed by atoms with E-state index < -0.39 is 16.9 Å². The molecule has 0 spiro atoms. The predicted octanol–water partition coefficient (Wildman–Crippen LogP) is 3.24. The zero-order chi connectivity index (χ0) is 17.7. The molecule has 0 bridgehead atoms. The summed E-state index contributed by atoms with van der Waals surface area (Å²) in [6.45, 7) is 3.09. The quantitative estimate of drug-likeness (QED) is 0.482. The fourth-order valence-corrected chi connectivity index (χ4v) is 2.12. The number of amides is 1. The summed E-state index contributed by atoms with van der Waals surface area (Å²) >= 11 is 0. The third kappa shape index (κ3) is 4.16. The average molecular weight is 327 g/mol. The van der Waals surface area contributed by atoms with Crippen LogP contribution in [0.2, 0.25) is 0 Å². The van der Waals surface area contributed by atoms with Crippen molar-refractivity contribution in [2.45, 2.75) is 19.9 Å². The van der Waals surface area contributed by atoms with Gasteiger partial charge in [0.05, 0.1) is 4.92 Å². The molecule has 2 aromatic rings. The molecule has 124 valence electrons. The van der Waals surface area contributed by atoms with Gasteiger partial charge in [0.1, 0.15) is 11.7 Å². The average Bonchev–Trinajstić information content (AvgIpc) is 2.55. The molecule has 1 atom stereocenters. The van der Waals surface area contributed by atoms with Crippen molar-refractivity contribution in [3.8, 4) is 0 Å². The molecule has 0 fully saturated rings. The number of hydrogen-bond donors (Lipinski definition) is 2. The summed E-state index contributed by atoms with van der Waals surface area (Å²) in [7, 11) is 0. The molecule has 0 saturated heterocycles. The fourth-order valence-electron chi connectivity index (χ4n) is 2.12. The molecular formula is C17H17N3O4. The zero-order valence-electron chi connectivity index (χ0n) is 13.3. The maximum Gasteiger partial charge on any atom is 0.292 e. The van der Waals surface area contributed by atoms with Crippen LogP contribution in [0.1, 0.15) is 24.2 Å². The van der Waals surface area contributed by atoms with Gasteiger partial charge in [0, 0.05) is 17.3 Å². The molecule has 0 aromatic heterocycles. The highest BCUT2D eigenvalue weighted by atomic mass is 16.6. The first-order chi connectivity index (χ1) is 11.4. The van der Waals surface area contributed by atoms with Crippen LogP contribution in [0.4, 0.5) is 17.1 Å². The number of nitro groups is 1. The lowest BCUT2D eigenvalue weighted by Crippen LogP contribution is -2.32. The third-order valence-corrected chi connectivity index (χ3v) is 3.40. The van der Waals surface area contributed by atoms with E-state index in [1.54, 1.807) is 37.3 Å². The highest BCUT2D eigenvalue weighted by molar-refractivity contribution is 5.98. The van der Waals surface area contributed by atoms with Gasteiger partial charge in [0.15, 0.2) is 5.78 Å². The first-order valence-corrected chi connectivity index (χ1v) is 7.30. The van der Waals surface area contributed by atoms with Crippen LogP contribution >= 0.6 is 0 Å². The molecule has 24 heavy (non-hydrogen) atoms. The third-order valence-electron chi connectivity index (χ3n) is 3.40. The standard InChI is InChI=1S/C17H17N3O4/c1-11(18-14-7-5-6-13(10-14)12(2)21)17(22)19-15-8-3-4-9-16(15)20(23)24/h3-11,18H,1-2H3,(H,19,22). The molecule has 0 aliphatic heterocycles. The van der Waals surface area contributed by atoms with E-state index in [1.165, 1.54) is 25.1 Å². The normalized spacial score (nSPS) is 11.4. The minimum absolute atomic E-state index is 0.0735. The van der Waals surface area contributed by atoms with Crippen LogP contribution in [0.15, 0.2) is 48.5 Å². The number of anilines is 2. The SMILES string of the molecule is CC(=O)c1cccc(NC(C)C(=O)Nc2ccccc2[N+](=O)[O-])c1. The van der Waals surface area contributed by atoms with Crippen molar-refractivity contribution in [3.05, 3.63) is 64.2 Å². The molecule has 2 N–H and O–H groups in total. The maximum atomic E-state index is 12.2. The Balaban J connectivity index is 2.09. The predicted molar refractivity (Wildman–Crippen MR) is 91.3 cm³/mol. The summed E-state index contributed by atoms with van der Waals surface area (Å²) in [6.07, 6.45) is 0. The van der Waals surface area contributed by atoms with E-state index in [1.807, 2.05) is 0 Å². The molecule has 0 aliphatic rings. The summed E-state index contributed by atoms with van der Waals surface area (Å²) < 4.78 is 0. The molecular weight excluding hydrogens is 310 g/mol. The zero-order valence-corrected chi connectivity index (χ0v) is 13.3. The van der Waals surface area contributed by atoms with Gasteiger partial charge in [-0.05, 0) is 32.0 Å². The van der Waals surface area contributed by atoms with Crippen molar-refractivity contribution in [2.24, 2.45) is 0 Å². The summed E-state index contributed by atoms with van der Waals surface area (Å²) in [5.74, 6) is -0.492. The van der Waals surface area contributed by atoms with Crippen LogP contribution in [0.3, 0.4) is 0 Å². The van der Waals surface area contributed by atoms with E-state index in [2.05, 4.69) is 10.6 Å². The highest BCUT2D eigenvalue weighted by Crippen LogP contribution is 2.23. The number of hydrogen-bond acceptors (Lipinski definition) is 5. The van der Waals surface area contributed by atoms with Gasteiger partial charge in [-0.15, -0.1) is 0 Å². The van der Waals surface area contributed by atoms with Gasteiger partial charge in [-0.2, -0.15) is 0 Å². The van der Waals surface area contributed by atoms with Crippen molar-refractivity contribution in [3.63, 3.8) is 0 Å². The Labute approximate surface area is 138 Å². The van der Waals surface area contributed by atoms with Gasteiger partial charge in [0.25, 0.3) is 5.69 Å². The summed E-state index contributed by atoms with van der Waals surface area (Å²) in [5, 5.41) is 16.5. The number of carbonyl (C=O) groups is 2. The van der Waals surface area contributed by atoms with Crippen LogP contribution in [0.25, 0.3) is 0 Å². The molecule has 0 aliphatic carbocycles. The smallest absolute Gasteiger partial charge is 0.292 e. The second-order valence-electron chi connectivity index (χ2n) is 5.27. The lowest BCUT2D eigenvalue weighted by Gasteiger charge is -2.15. The molecule has 1 unspecified atom stereocenters. The summed E-state index contributed by atoms with van der Waals surface area (Å²) in [5.41, 5.74) is 1.12. The number of nitro benzene ring substituents is 1. The minimum atomic E-state index is -0.646. The Bertz CT molecular complexity index is 789. The first kappa shape index (κ1) is 17.1. The Morgan fingerprint density at radius 2 is 1.83 bits per heavy atom. The number of ketones is 1. The lowest BCUT2D eigenvalue weighted by molar-refractivity contribution is -0.383. The van der Waals surface area contributed by atoms with Crippen molar-refractivity contribution < 1.29 is 14.5 Å². The highest BCUT2D eigenvalue weighted by Gasteiger charge is 2.18. The molecule has 0 heterocycles. The summed E-state index contributed by atoms with van der Waals surface area (Å²) in [4.78, 5) is 34.1. The Morgan fingerprint density at radius 1 is 1.12 bits per heavy atom. The van der Waals surface area contributed by atoms with E-state index in [0.717, 1.165) is 0 Å². The minimum Gasteiger partial charge on any atom is -0.374 e. The number of nitrogens with zero attached hydrogens (tertiary/aromatic N) is 1. The number of carbonyl (C=O) groups excluding carboxylic acids is 2. The molecule has 1 amide bonds. The Kier molecular flexibility index (Phi) is 5.26. The van der Waals surface area contributed by atoms with Crippen molar-refractivity contribution in [2.75, 3.05) is 10.6 Å². The van der Waals surface area contributed by atoms with E-state index in [0.29, 0.717) is 11.3 Å².